The van der Waals surface area contributed by atoms with Crippen LogP contribution in [-0.2, 0) is 23.7 Å². The van der Waals surface area contributed by atoms with Crippen LogP contribution in [0.4, 0.5) is 0 Å². The maximum absolute atomic E-state index is 10.6. The highest BCUT2D eigenvalue weighted by Gasteiger charge is 2.08. The molecule has 0 unspecified atom stereocenters. The SMILES string of the molecule is O=CC1COCCOCCOCCOC1. The highest BCUT2D eigenvalue weighted by molar-refractivity contribution is 5.53. The second kappa shape index (κ2) is 8.79. The summed E-state index contributed by atoms with van der Waals surface area (Å²) < 4.78 is 21.0. The molecule has 1 aliphatic rings. The molecule has 0 aromatic heterocycles. The fourth-order valence-corrected chi connectivity index (χ4v) is 1.15. The summed E-state index contributed by atoms with van der Waals surface area (Å²) >= 11 is 0. The lowest BCUT2D eigenvalue weighted by Gasteiger charge is -2.10. The van der Waals surface area contributed by atoms with Crippen LogP contribution in [0, 0.1) is 5.92 Å². The fraction of sp³-hybridized carbons (Fsp3) is 0.900. The topological polar surface area (TPSA) is 54.0 Å². The van der Waals surface area contributed by atoms with Gasteiger partial charge in [0.15, 0.2) is 0 Å². The number of carbonyl (C=O) groups is 1. The van der Waals surface area contributed by atoms with Gasteiger partial charge in [-0.25, -0.2) is 0 Å². The molecule has 0 aromatic rings. The van der Waals surface area contributed by atoms with Crippen molar-refractivity contribution in [2.75, 3.05) is 52.9 Å². The Hall–Kier alpha value is -0.490. The highest BCUT2D eigenvalue weighted by Crippen LogP contribution is 1.96. The van der Waals surface area contributed by atoms with Crippen LogP contribution in [0.2, 0.25) is 0 Å². The minimum atomic E-state index is -0.189. The highest BCUT2D eigenvalue weighted by atomic mass is 16.6. The smallest absolute Gasteiger partial charge is 0.127 e. The minimum Gasteiger partial charge on any atom is -0.378 e. The number of hydrogen-bond donors (Lipinski definition) is 0. The molecule has 0 radical (unpaired) electrons. The van der Waals surface area contributed by atoms with Gasteiger partial charge in [-0.15, -0.1) is 0 Å². The van der Waals surface area contributed by atoms with E-state index in [0.717, 1.165) is 6.29 Å². The standard InChI is InChI=1S/C10H18O5/c11-7-10-8-14-5-3-12-1-2-13-4-6-15-9-10/h7,10H,1-6,8-9H2. The lowest BCUT2D eigenvalue weighted by atomic mass is 10.2. The predicted molar refractivity (Wildman–Crippen MR) is 52.8 cm³/mol. The Balaban J connectivity index is 2.20. The van der Waals surface area contributed by atoms with Gasteiger partial charge >= 0.3 is 0 Å². The first-order valence-corrected chi connectivity index (χ1v) is 5.19. The van der Waals surface area contributed by atoms with E-state index in [-0.39, 0.29) is 5.92 Å². The molecule has 0 bridgehead atoms. The molecule has 5 nitrogen and oxygen atoms in total. The largest absolute Gasteiger partial charge is 0.378 e. The molecule has 0 spiro atoms. The van der Waals surface area contributed by atoms with Gasteiger partial charge in [0.2, 0.25) is 0 Å². The van der Waals surface area contributed by atoms with Crippen molar-refractivity contribution in [3.8, 4) is 0 Å². The second-order valence-corrected chi connectivity index (χ2v) is 3.27. The summed E-state index contributed by atoms with van der Waals surface area (Å²) in [6.45, 7) is 4.02. The molecule has 1 aliphatic heterocycles. The summed E-state index contributed by atoms with van der Waals surface area (Å²) in [6.07, 6.45) is 0.862. The molecular formula is C10H18O5. The van der Waals surface area contributed by atoms with Gasteiger partial charge in [0.25, 0.3) is 0 Å². The molecule has 0 aromatic carbocycles. The van der Waals surface area contributed by atoms with Crippen LogP contribution in [0.15, 0.2) is 0 Å². The molecule has 15 heavy (non-hydrogen) atoms. The Morgan fingerprint density at radius 3 is 1.53 bits per heavy atom. The van der Waals surface area contributed by atoms with Crippen molar-refractivity contribution >= 4 is 6.29 Å². The lowest BCUT2D eigenvalue weighted by molar-refractivity contribution is -0.115. The second-order valence-electron chi connectivity index (χ2n) is 3.27. The normalized spacial score (nSPS) is 23.5. The maximum atomic E-state index is 10.6. The third-order valence-corrected chi connectivity index (χ3v) is 1.97. The first-order valence-electron chi connectivity index (χ1n) is 5.19. The van der Waals surface area contributed by atoms with E-state index in [0.29, 0.717) is 52.9 Å². The Labute approximate surface area is 89.6 Å². The summed E-state index contributed by atoms with van der Waals surface area (Å²) in [5.74, 6) is -0.189. The number of rotatable bonds is 1. The van der Waals surface area contributed by atoms with Gasteiger partial charge in [0.1, 0.15) is 6.29 Å². The predicted octanol–water partition coefficient (Wildman–Crippen LogP) is -0.119. The van der Waals surface area contributed by atoms with Crippen molar-refractivity contribution in [2.24, 2.45) is 5.92 Å². The zero-order chi connectivity index (χ0) is 10.8. The van der Waals surface area contributed by atoms with Crippen LogP contribution in [0.1, 0.15) is 0 Å². The average molecular weight is 218 g/mol. The van der Waals surface area contributed by atoms with Crippen LogP contribution in [0.5, 0.6) is 0 Å². The molecule has 1 rings (SSSR count). The van der Waals surface area contributed by atoms with Crippen LogP contribution >= 0.6 is 0 Å². The monoisotopic (exact) mass is 218 g/mol. The van der Waals surface area contributed by atoms with E-state index in [9.17, 15) is 4.79 Å². The minimum absolute atomic E-state index is 0.189. The molecular weight excluding hydrogens is 200 g/mol. The van der Waals surface area contributed by atoms with Crippen LogP contribution in [0.25, 0.3) is 0 Å². The number of hydrogen-bond acceptors (Lipinski definition) is 5. The van der Waals surface area contributed by atoms with E-state index < -0.39 is 0 Å². The first kappa shape index (κ1) is 12.6. The summed E-state index contributed by atoms with van der Waals surface area (Å²) in [4.78, 5) is 10.6. The Morgan fingerprint density at radius 2 is 1.13 bits per heavy atom. The van der Waals surface area contributed by atoms with Crippen LogP contribution in [0.3, 0.4) is 0 Å². The summed E-state index contributed by atoms with van der Waals surface area (Å²) in [5.41, 5.74) is 0. The van der Waals surface area contributed by atoms with E-state index in [1.54, 1.807) is 0 Å². The number of carbonyl (C=O) groups excluding carboxylic acids is 1. The number of aldehydes is 1. The molecule has 0 atom stereocenters. The summed E-state index contributed by atoms with van der Waals surface area (Å²) in [7, 11) is 0. The molecule has 0 saturated carbocycles. The van der Waals surface area contributed by atoms with Crippen molar-refractivity contribution in [1.29, 1.82) is 0 Å². The van der Waals surface area contributed by atoms with Crippen molar-refractivity contribution in [2.45, 2.75) is 0 Å². The van der Waals surface area contributed by atoms with Crippen molar-refractivity contribution < 1.29 is 23.7 Å². The Kier molecular flexibility index (Phi) is 7.37. The summed E-state index contributed by atoms with van der Waals surface area (Å²) in [5, 5.41) is 0. The van der Waals surface area contributed by atoms with E-state index in [2.05, 4.69) is 0 Å². The van der Waals surface area contributed by atoms with E-state index in [1.165, 1.54) is 0 Å². The Bertz CT molecular complexity index is 148. The molecule has 88 valence electrons. The quantitative estimate of drug-likeness (QED) is 0.574. The Morgan fingerprint density at radius 1 is 0.733 bits per heavy atom. The molecule has 5 heteroatoms. The van der Waals surface area contributed by atoms with Crippen molar-refractivity contribution in [3.63, 3.8) is 0 Å². The zero-order valence-corrected chi connectivity index (χ0v) is 8.85. The van der Waals surface area contributed by atoms with Gasteiger partial charge in [0.05, 0.1) is 58.8 Å². The third kappa shape index (κ3) is 6.57. The van der Waals surface area contributed by atoms with Gasteiger partial charge in [-0.1, -0.05) is 0 Å². The lowest BCUT2D eigenvalue weighted by Crippen LogP contribution is -2.19. The van der Waals surface area contributed by atoms with Crippen LogP contribution < -0.4 is 0 Å². The fourth-order valence-electron chi connectivity index (χ4n) is 1.15. The molecule has 0 amide bonds. The van der Waals surface area contributed by atoms with Crippen molar-refractivity contribution in [1.82, 2.24) is 0 Å². The van der Waals surface area contributed by atoms with Gasteiger partial charge in [0, 0.05) is 0 Å². The van der Waals surface area contributed by atoms with Gasteiger partial charge in [-0.3, -0.25) is 0 Å². The third-order valence-electron chi connectivity index (χ3n) is 1.97. The van der Waals surface area contributed by atoms with Gasteiger partial charge in [-0.05, 0) is 0 Å². The summed E-state index contributed by atoms with van der Waals surface area (Å²) in [6, 6.07) is 0. The molecule has 1 saturated heterocycles. The maximum Gasteiger partial charge on any atom is 0.127 e. The molecule has 1 fully saturated rings. The van der Waals surface area contributed by atoms with Gasteiger partial charge in [-0.2, -0.15) is 0 Å². The van der Waals surface area contributed by atoms with E-state index in [4.69, 9.17) is 18.9 Å². The number of ether oxygens (including phenoxy) is 4. The van der Waals surface area contributed by atoms with Crippen molar-refractivity contribution in [3.05, 3.63) is 0 Å². The first-order chi connectivity index (χ1) is 7.43. The average Bonchev–Trinajstić information content (AvgIpc) is 2.29. The van der Waals surface area contributed by atoms with E-state index in [1.807, 2.05) is 0 Å². The van der Waals surface area contributed by atoms with E-state index >= 15 is 0 Å². The molecule has 1 heterocycles. The molecule has 0 N–H and O–H groups in total. The zero-order valence-electron chi connectivity index (χ0n) is 8.85. The van der Waals surface area contributed by atoms with Gasteiger partial charge < -0.3 is 23.7 Å². The molecule has 0 aliphatic carbocycles. The van der Waals surface area contributed by atoms with Crippen LogP contribution in [-0.4, -0.2) is 59.1 Å².